The molecular weight excluding hydrogens is 1610 g/mol. The normalized spacial score (nSPS) is 14.6. The summed E-state index contributed by atoms with van der Waals surface area (Å²) >= 11 is 11.8. The molecule has 0 aliphatic carbocycles. The second-order valence-corrected chi connectivity index (χ2v) is 28.7. The van der Waals surface area contributed by atoms with E-state index in [-0.39, 0.29) is 73.4 Å². The fraction of sp³-hybridized carbons (Fsp3) is 0.588. The van der Waals surface area contributed by atoms with Crippen molar-refractivity contribution in [3.63, 3.8) is 0 Å². The average Bonchev–Trinajstić information content (AvgIpc) is 1.71. The van der Waals surface area contributed by atoms with Gasteiger partial charge in [0.15, 0.2) is 12.2 Å². The summed E-state index contributed by atoms with van der Waals surface area (Å²) in [6.45, 7) is 44.1. The minimum atomic E-state index is -0.479. The van der Waals surface area contributed by atoms with Crippen molar-refractivity contribution in [1.29, 1.82) is 10.5 Å². The van der Waals surface area contributed by atoms with Crippen molar-refractivity contribution < 1.29 is 64.7 Å². The van der Waals surface area contributed by atoms with Crippen LogP contribution in [0.5, 0.6) is 0 Å². The molecule has 5 aliphatic heterocycles. The summed E-state index contributed by atoms with van der Waals surface area (Å²) in [4.78, 5) is 116. The molecule has 0 atom stereocenters. The Kier molecular flexibility index (Phi) is 46.3. The van der Waals surface area contributed by atoms with Gasteiger partial charge in [-0.3, -0.25) is 9.97 Å². The van der Waals surface area contributed by atoms with E-state index in [0.29, 0.717) is 85.9 Å². The fourth-order valence-electron chi connectivity index (χ4n) is 9.48. The second kappa shape index (κ2) is 51.5. The third-order valence-corrected chi connectivity index (χ3v) is 14.9. The van der Waals surface area contributed by atoms with Crippen molar-refractivity contribution in [2.24, 2.45) is 4.30 Å². The van der Waals surface area contributed by atoms with Crippen molar-refractivity contribution >= 4 is 114 Å². The van der Waals surface area contributed by atoms with Crippen LogP contribution in [0.1, 0.15) is 103 Å². The van der Waals surface area contributed by atoms with Gasteiger partial charge in [-0.25, -0.2) is 63.8 Å². The summed E-state index contributed by atoms with van der Waals surface area (Å²) in [5, 5.41) is 33.7. The molecule has 1 radical (unpaired) electrons. The molecule has 11 heterocycles. The fourth-order valence-corrected chi connectivity index (χ4v) is 9.80. The largest absolute Gasteiger partial charge is 1.00 e. The molecule has 37 nitrogen and oxygen atoms in total. The Hall–Kier alpha value is -9.09. The number of piperazine rings is 5. The Morgan fingerprint density at radius 1 is 0.541 bits per heavy atom. The molecule has 5 aliphatic rings. The van der Waals surface area contributed by atoms with E-state index in [0.717, 1.165) is 102 Å². The standard InChI is InChI=1S/C14H19N5O2.C13H19BrN4O2.C13H18N8O2.C13H20N4O2.C9H18N2O2.C4H3ClN2.CN.CH4.BHNS.ClH.Cu/c1-14(2,3)21-13(20)19-6-4-18(5-7-19)12-10-16-11(8-15)9-17-12;1-13(2,3)20-12(19)18-6-4-17(5-7-18)11-9-15-10(14)8-16-11;1-2-23-12(22)9-21-18-13(17-19-21)10-7-16-11(8-15-10)20-5-3-14-4-6-20;1-13(2,3)19-12(18)17-8-6-16(7-9-17)11-10-14-4-5-15-11;1-9(2,3)13-8(12)11-6-4-10-5-7-11;5-4-3-6-1-2-7-4;1-2;;1-2-3;;/h9-10H,4-7H2,1-3H3;8-9H,4-7H2,1-3H3;7-8,14H,2-6,9H2,1H3;4-5,10H,6-9H2,1-3H3;10H,4-7H2,1-3H3;1-3H;;1H4;3H;1H;/q;;;;;;-1;;;;+1. The van der Waals surface area contributed by atoms with Crippen molar-refractivity contribution in [3.05, 3.63) is 96.4 Å². The Morgan fingerprint density at radius 3 is 1.23 bits per heavy atom. The first-order chi connectivity index (χ1) is 51.2. The number of aromatic nitrogens is 14. The Bertz CT molecular complexity index is 3710. The molecule has 6 aromatic heterocycles. The molecule has 6 aromatic rings. The summed E-state index contributed by atoms with van der Waals surface area (Å²) < 4.78 is 29.6. The maximum Gasteiger partial charge on any atom is 1.00 e. The van der Waals surface area contributed by atoms with Crippen molar-refractivity contribution in [2.75, 3.05) is 157 Å². The number of halogens is 3. The number of thiol groups is 1. The van der Waals surface area contributed by atoms with Crippen LogP contribution in [-0.2, 0) is 52.1 Å². The number of hydrogen-bond donors (Lipinski definition) is 3. The maximum atomic E-state index is 12.0. The summed E-state index contributed by atoms with van der Waals surface area (Å²) in [5.41, 5.74) is -0.954. The van der Waals surface area contributed by atoms with E-state index >= 15 is 0 Å². The molecule has 0 bridgehead atoms. The summed E-state index contributed by atoms with van der Waals surface area (Å²) in [6, 6.07) is 1.94. The van der Waals surface area contributed by atoms with Gasteiger partial charge in [0.2, 0.25) is 5.82 Å². The zero-order valence-corrected chi connectivity index (χ0v) is 69.2. The van der Waals surface area contributed by atoms with Crippen LogP contribution in [0, 0.1) is 23.2 Å². The molecule has 5 saturated heterocycles. The van der Waals surface area contributed by atoms with Crippen LogP contribution < -0.4 is 30.2 Å². The molecule has 5 fully saturated rings. The number of rotatable bonds is 8. The van der Waals surface area contributed by atoms with Crippen LogP contribution in [0.4, 0.5) is 42.4 Å². The van der Waals surface area contributed by atoms with E-state index in [1.54, 1.807) is 88.5 Å². The van der Waals surface area contributed by atoms with Crippen LogP contribution in [0.15, 0.2) is 83.3 Å². The Balaban J connectivity index is 0.000000668. The number of nitrogens with zero attached hydrogens (tertiary/aromatic N) is 25. The summed E-state index contributed by atoms with van der Waals surface area (Å²) in [7, 11) is 4.34. The molecule has 0 saturated carbocycles. The summed E-state index contributed by atoms with van der Waals surface area (Å²) in [6.07, 6.45) is 18.5. The van der Waals surface area contributed by atoms with E-state index in [2.05, 4.69) is 131 Å². The summed E-state index contributed by atoms with van der Waals surface area (Å²) in [5.74, 6) is 3.15. The molecule has 11 rings (SSSR count). The van der Waals surface area contributed by atoms with Crippen molar-refractivity contribution in [2.45, 2.75) is 126 Å². The molecule has 611 valence electrons. The van der Waals surface area contributed by atoms with Gasteiger partial charge in [-0.2, -0.15) is 10.1 Å². The molecule has 0 aromatic carbocycles. The number of tetrazole rings is 1. The van der Waals surface area contributed by atoms with Gasteiger partial charge in [0.1, 0.15) is 67.2 Å². The number of nitriles is 1. The third-order valence-electron chi connectivity index (χ3n) is 14.3. The first kappa shape index (κ1) is 99.9. The van der Waals surface area contributed by atoms with Gasteiger partial charge in [-0.1, -0.05) is 19.0 Å². The van der Waals surface area contributed by atoms with Crippen molar-refractivity contribution in [3.8, 4) is 17.6 Å². The topological polar surface area (TPSA) is 414 Å². The van der Waals surface area contributed by atoms with Crippen LogP contribution in [0.25, 0.3) is 11.5 Å². The number of carbonyl (C=O) groups is 5. The molecule has 0 unspecified atom stereocenters. The zero-order valence-electron chi connectivity index (χ0n) is 64.2. The predicted molar refractivity (Wildman–Crippen MR) is 423 cm³/mol. The third kappa shape index (κ3) is 40.1. The molecule has 0 spiro atoms. The van der Waals surface area contributed by atoms with E-state index in [1.807, 2.05) is 94.1 Å². The van der Waals surface area contributed by atoms with E-state index in [9.17, 15) is 24.0 Å². The number of hydrogen-bond acceptors (Lipinski definition) is 33. The van der Waals surface area contributed by atoms with Crippen LogP contribution in [0.2, 0.25) is 5.15 Å². The molecular formula is C68H103BBrCl2CuN27O10S. The number of carbonyl (C=O) groups excluding carboxylic acids is 5. The van der Waals surface area contributed by atoms with Crippen LogP contribution in [-0.4, -0.2) is 288 Å². The SMILES string of the molecule is C.CC(C)(C)OC(=O)N1CCN(c2cnc(Br)cn2)CC1.CC(C)(C)OC(=O)N1CCN(c2cnc(C#N)cn2)CC1.CC(C)(C)OC(=O)N1CCN(c2cnccn2)CC1.CC(C)(C)OC(=O)N1CCNCC1.CCOC(=O)Cn1nnc(-c2cnc(N3CCNCC3)cn2)n1.Cl.Clc1cnccn1.[B]=NS.[C-]#N.[Cu+]. The van der Waals surface area contributed by atoms with Crippen molar-refractivity contribution in [1.82, 2.24) is 100 Å². The van der Waals surface area contributed by atoms with Gasteiger partial charge in [-0.05, 0) is 111 Å². The second-order valence-electron chi connectivity index (χ2n) is 27.3. The minimum Gasteiger partial charge on any atom is -0.512 e. The first-order valence-electron chi connectivity index (χ1n) is 34.5. The monoisotopic (exact) mass is 1710 g/mol. The van der Waals surface area contributed by atoms with E-state index < -0.39 is 22.8 Å². The molecule has 2 N–H and O–H groups in total. The van der Waals surface area contributed by atoms with E-state index in [4.69, 9.17) is 52.4 Å². The molecule has 43 heteroatoms. The predicted octanol–water partition coefficient (Wildman–Crippen LogP) is 7.63. The van der Waals surface area contributed by atoms with Gasteiger partial charge in [0.05, 0.1) is 56.2 Å². The molecule has 111 heavy (non-hydrogen) atoms. The quantitative estimate of drug-likeness (QED) is 0.0433. The van der Waals surface area contributed by atoms with Gasteiger partial charge < -0.3 is 85.4 Å². The Labute approximate surface area is 687 Å². The smallest absolute Gasteiger partial charge is 0.512 e. The van der Waals surface area contributed by atoms with Crippen LogP contribution >= 0.6 is 52.8 Å². The number of amides is 4. The van der Waals surface area contributed by atoms with Gasteiger partial charge in [-0.15, -0.1) is 22.6 Å². The maximum absolute atomic E-state index is 12.0. The number of anilines is 4. The number of nitrogens with one attached hydrogen (secondary N) is 2. The van der Waals surface area contributed by atoms with Crippen LogP contribution in [0.3, 0.4) is 0 Å². The number of esters is 1. The number of ether oxygens (including phenoxy) is 5. The first-order valence-corrected chi connectivity index (χ1v) is 36.1. The van der Waals surface area contributed by atoms with Gasteiger partial charge in [0.25, 0.3) is 0 Å². The molecule has 4 amide bonds. The Morgan fingerprint density at radius 2 is 0.910 bits per heavy atom. The minimum absolute atomic E-state index is 0. The van der Waals surface area contributed by atoms with E-state index in [1.165, 1.54) is 17.2 Å². The van der Waals surface area contributed by atoms with Gasteiger partial charge >= 0.3 is 72.2 Å². The van der Waals surface area contributed by atoms with Gasteiger partial charge in [0, 0.05) is 156 Å². The zero-order chi connectivity index (χ0) is 79.9. The average molecular weight is 1720 g/mol.